The second kappa shape index (κ2) is 10.5. The molecule has 1 aliphatic heterocycles. The SMILES string of the molecule is Cl.Cl.NOCCN1CCCCCC1. The predicted octanol–water partition coefficient (Wildman–Crippen LogP) is 1.60. The molecule has 0 bridgehead atoms. The maximum absolute atomic E-state index is 4.96. The Labute approximate surface area is 92.8 Å². The van der Waals surface area contributed by atoms with Crippen LogP contribution < -0.4 is 5.90 Å². The van der Waals surface area contributed by atoms with Gasteiger partial charge >= 0.3 is 0 Å². The van der Waals surface area contributed by atoms with Crippen molar-refractivity contribution in [1.82, 2.24) is 4.90 Å². The standard InChI is InChI=1S/C8H18N2O.2ClH/c9-11-8-7-10-5-3-1-2-4-6-10;;/h1-9H2;2*1H. The van der Waals surface area contributed by atoms with E-state index in [1.807, 2.05) is 0 Å². The van der Waals surface area contributed by atoms with Crippen molar-refractivity contribution in [3.05, 3.63) is 0 Å². The quantitative estimate of drug-likeness (QED) is 0.750. The van der Waals surface area contributed by atoms with E-state index in [0.717, 1.165) is 6.54 Å². The van der Waals surface area contributed by atoms with Crippen LogP contribution in [0.3, 0.4) is 0 Å². The summed E-state index contributed by atoms with van der Waals surface area (Å²) in [5.41, 5.74) is 0. The van der Waals surface area contributed by atoms with Gasteiger partial charge < -0.3 is 9.74 Å². The van der Waals surface area contributed by atoms with E-state index in [4.69, 9.17) is 5.90 Å². The van der Waals surface area contributed by atoms with E-state index in [1.165, 1.54) is 38.8 Å². The Kier molecular flexibility index (Phi) is 12.9. The summed E-state index contributed by atoms with van der Waals surface area (Å²) in [6.07, 6.45) is 5.45. The van der Waals surface area contributed by atoms with E-state index in [0.29, 0.717) is 6.61 Å². The maximum Gasteiger partial charge on any atom is 0.0806 e. The first-order valence-electron chi connectivity index (χ1n) is 4.47. The van der Waals surface area contributed by atoms with Crippen LogP contribution in [-0.2, 0) is 4.84 Å². The summed E-state index contributed by atoms with van der Waals surface area (Å²) in [5.74, 6) is 4.96. The van der Waals surface area contributed by atoms with Crippen molar-refractivity contribution >= 4 is 24.8 Å². The normalized spacial score (nSPS) is 18.2. The summed E-state index contributed by atoms with van der Waals surface area (Å²) in [4.78, 5) is 6.97. The van der Waals surface area contributed by atoms with Crippen molar-refractivity contribution in [2.45, 2.75) is 25.7 Å². The van der Waals surface area contributed by atoms with Crippen molar-refractivity contribution < 1.29 is 4.84 Å². The Morgan fingerprint density at radius 3 is 2.00 bits per heavy atom. The summed E-state index contributed by atoms with van der Waals surface area (Å²) in [6, 6.07) is 0. The first kappa shape index (κ1) is 15.9. The van der Waals surface area contributed by atoms with Crippen LogP contribution in [0.2, 0.25) is 0 Å². The molecule has 82 valence electrons. The average molecular weight is 231 g/mol. The van der Waals surface area contributed by atoms with E-state index in [9.17, 15) is 0 Å². The number of hydrogen-bond acceptors (Lipinski definition) is 3. The van der Waals surface area contributed by atoms with Gasteiger partial charge in [0, 0.05) is 6.54 Å². The van der Waals surface area contributed by atoms with Crippen LogP contribution in [0, 0.1) is 0 Å². The van der Waals surface area contributed by atoms with Crippen LogP contribution in [0.1, 0.15) is 25.7 Å². The molecule has 1 heterocycles. The van der Waals surface area contributed by atoms with Gasteiger partial charge in [0.2, 0.25) is 0 Å². The highest BCUT2D eigenvalue weighted by atomic mass is 35.5. The van der Waals surface area contributed by atoms with Gasteiger partial charge in [0.1, 0.15) is 0 Å². The lowest BCUT2D eigenvalue weighted by molar-refractivity contribution is 0.107. The van der Waals surface area contributed by atoms with Gasteiger partial charge in [0.15, 0.2) is 0 Å². The van der Waals surface area contributed by atoms with E-state index >= 15 is 0 Å². The molecule has 0 aromatic heterocycles. The fraction of sp³-hybridized carbons (Fsp3) is 1.00. The van der Waals surface area contributed by atoms with Gasteiger partial charge in [-0.2, -0.15) is 0 Å². The van der Waals surface area contributed by atoms with Crippen LogP contribution in [-0.4, -0.2) is 31.1 Å². The zero-order valence-electron chi connectivity index (χ0n) is 7.91. The zero-order chi connectivity index (χ0) is 7.94. The minimum Gasteiger partial charge on any atom is -0.303 e. The van der Waals surface area contributed by atoms with Crippen molar-refractivity contribution in [3.63, 3.8) is 0 Å². The molecule has 0 amide bonds. The minimum atomic E-state index is 0. The van der Waals surface area contributed by atoms with Crippen molar-refractivity contribution in [2.75, 3.05) is 26.2 Å². The molecule has 1 saturated heterocycles. The average Bonchev–Trinajstić information content (AvgIpc) is 2.28. The number of nitrogens with two attached hydrogens (primary N) is 1. The summed E-state index contributed by atoms with van der Waals surface area (Å²) >= 11 is 0. The first-order valence-corrected chi connectivity index (χ1v) is 4.47. The number of likely N-dealkylation sites (tertiary alicyclic amines) is 1. The molecule has 2 N–H and O–H groups in total. The molecule has 13 heavy (non-hydrogen) atoms. The highest BCUT2D eigenvalue weighted by molar-refractivity contribution is 5.85. The fourth-order valence-corrected chi connectivity index (χ4v) is 1.54. The third-order valence-corrected chi connectivity index (χ3v) is 2.22. The minimum absolute atomic E-state index is 0. The van der Waals surface area contributed by atoms with Crippen LogP contribution in [0.4, 0.5) is 0 Å². The van der Waals surface area contributed by atoms with E-state index in [1.54, 1.807) is 0 Å². The van der Waals surface area contributed by atoms with Gasteiger partial charge in [-0.25, -0.2) is 5.90 Å². The van der Waals surface area contributed by atoms with Gasteiger partial charge in [0.25, 0.3) is 0 Å². The second-order valence-electron chi connectivity index (χ2n) is 3.13. The molecule has 0 aromatic carbocycles. The molecule has 3 nitrogen and oxygen atoms in total. The van der Waals surface area contributed by atoms with Crippen LogP contribution in [0.5, 0.6) is 0 Å². The number of rotatable bonds is 3. The van der Waals surface area contributed by atoms with Gasteiger partial charge in [0.05, 0.1) is 6.61 Å². The largest absolute Gasteiger partial charge is 0.303 e. The van der Waals surface area contributed by atoms with Crippen molar-refractivity contribution in [3.8, 4) is 0 Å². The van der Waals surface area contributed by atoms with E-state index in [-0.39, 0.29) is 24.8 Å². The molecule has 1 fully saturated rings. The molecule has 0 radical (unpaired) electrons. The zero-order valence-corrected chi connectivity index (χ0v) is 9.54. The Balaban J connectivity index is 0. The molecule has 0 saturated carbocycles. The molecule has 0 unspecified atom stereocenters. The van der Waals surface area contributed by atoms with Gasteiger partial charge in [-0.15, -0.1) is 24.8 Å². The predicted molar refractivity (Wildman–Crippen MR) is 59.5 cm³/mol. The van der Waals surface area contributed by atoms with Crippen LogP contribution in [0.25, 0.3) is 0 Å². The number of nitrogens with zero attached hydrogens (tertiary/aromatic N) is 1. The van der Waals surface area contributed by atoms with Crippen LogP contribution in [0.15, 0.2) is 0 Å². The Morgan fingerprint density at radius 1 is 1.00 bits per heavy atom. The molecule has 0 spiro atoms. The van der Waals surface area contributed by atoms with Crippen molar-refractivity contribution in [1.29, 1.82) is 0 Å². The third kappa shape index (κ3) is 7.52. The molecular formula is C8H20Cl2N2O. The van der Waals surface area contributed by atoms with Crippen molar-refractivity contribution in [2.24, 2.45) is 5.90 Å². The maximum atomic E-state index is 4.96. The van der Waals surface area contributed by atoms with Crippen LogP contribution >= 0.6 is 24.8 Å². The summed E-state index contributed by atoms with van der Waals surface area (Å²) in [7, 11) is 0. The molecule has 0 aliphatic carbocycles. The lowest BCUT2D eigenvalue weighted by atomic mass is 10.2. The fourth-order valence-electron chi connectivity index (χ4n) is 1.54. The molecule has 5 heteroatoms. The first-order chi connectivity index (χ1) is 5.43. The highest BCUT2D eigenvalue weighted by Crippen LogP contribution is 2.08. The number of halogens is 2. The molecule has 0 aromatic rings. The van der Waals surface area contributed by atoms with E-state index in [2.05, 4.69) is 9.74 Å². The highest BCUT2D eigenvalue weighted by Gasteiger charge is 2.07. The van der Waals surface area contributed by atoms with Gasteiger partial charge in [-0.3, -0.25) is 0 Å². The smallest absolute Gasteiger partial charge is 0.0806 e. The topological polar surface area (TPSA) is 38.5 Å². The van der Waals surface area contributed by atoms with Gasteiger partial charge in [-0.1, -0.05) is 12.8 Å². The van der Waals surface area contributed by atoms with E-state index < -0.39 is 0 Å². The third-order valence-electron chi connectivity index (χ3n) is 2.22. The molecule has 1 aliphatic rings. The second-order valence-corrected chi connectivity index (χ2v) is 3.13. The molecule has 0 atom stereocenters. The van der Waals surface area contributed by atoms with Gasteiger partial charge in [-0.05, 0) is 25.9 Å². The Morgan fingerprint density at radius 2 is 1.54 bits per heavy atom. The summed E-state index contributed by atoms with van der Waals surface area (Å²) in [5, 5.41) is 0. The lowest BCUT2D eigenvalue weighted by Crippen LogP contribution is -2.29. The summed E-state index contributed by atoms with van der Waals surface area (Å²) in [6.45, 7) is 4.11. The lowest BCUT2D eigenvalue weighted by Gasteiger charge is -2.18. The number of hydrogen-bond donors (Lipinski definition) is 1. The summed E-state index contributed by atoms with van der Waals surface area (Å²) < 4.78 is 0. The molecule has 1 rings (SSSR count). The molecular weight excluding hydrogens is 211 g/mol. The monoisotopic (exact) mass is 230 g/mol. The Hall–Kier alpha value is 0.460. The Bertz CT molecular complexity index is 98.1.